The minimum absolute atomic E-state index is 0.451. The van der Waals surface area contributed by atoms with Gasteiger partial charge < -0.3 is 9.14 Å². The number of amides is 1. The highest BCUT2D eigenvalue weighted by atomic mass is 16.6. The zero-order chi connectivity index (χ0) is 13.1. The van der Waals surface area contributed by atoms with E-state index in [-0.39, 0.29) is 0 Å². The van der Waals surface area contributed by atoms with Crippen LogP contribution in [0.5, 0.6) is 5.75 Å². The Morgan fingerprint density at radius 3 is 2.68 bits per heavy atom. The number of nitrogens with one attached hydrogen (secondary N) is 1. The van der Waals surface area contributed by atoms with Crippen molar-refractivity contribution in [2.45, 2.75) is 0 Å². The molecule has 0 saturated carbocycles. The summed E-state index contributed by atoms with van der Waals surface area (Å²) in [7, 11) is 0. The van der Waals surface area contributed by atoms with Crippen LogP contribution in [-0.2, 0) is 0 Å². The Bertz CT molecular complexity index is 674. The van der Waals surface area contributed by atoms with Crippen LogP contribution in [0, 0.1) is 0 Å². The molecule has 0 aliphatic rings. The van der Waals surface area contributed by atoms with Crippen LogP contribution in [0.3, 0.4) is 0 Å². The molecule has 3 rings (SSSR count). The van der Waals surface area contributed by atoms with Crippen molar-refractivity contribution in [1.82, 2.24) is 9.38 Å². The first kappa shape index (κ1) is 11.3. The number of benzene rings is 1. The van der Waals surface area contributed by atoms with Gasteiger partial charge in [-0.1, -0.05) is 24.3 Å². The Hall–Kier alpha value is -2.82. The van der Waals surface area contributed by atoms with Gasteiger partial charge in [-0.05, 0) is 24.3 Å². The lowest BCUT2D eigenvalue weighted by Crippen LogP contribution is -2.16. The lowest BCUT2D eigenvalue weighted by atomic mass is 10.3. The minimum atomic E-state index is -0.561. The van der Waals surface area contributed by atoms with E-state index in [1.807, 2.05) is 34.9 Å². The van der Waals surface area contributed by atoms with Crippen molar-refractivity contribution in [3.05, 3.63) is 60.9 Å². The second-order valence-electron chi connectivity index (χ2n) is 3.92. The Balaban J connectivity index is 1.72. The van der Waals surface area contributed by atoms with Crippen LogP contribution < -0.4 is 10.1 Å². The van der Waals surface area contributed by atoms with Gasteiger partial charge in [-0.15, -0.1) is 0 Å². The monoisotopic (exact) mass is 253 g/mol. The summed E-state index contributed by atoms with van der Waals surface area (Å²) in [6.45, 7) is 0. The number of para-hydroxylation sites is 1. The number of ether oxygens (including phenoxy) is 1. The molecule has 1 aromatic carbocycles. The number of imidazole rings is 1. The fraction of sp³-hybridized carbons (Fsp3) is 0. The lowest BCUT2D eigenvalue weighted by molar-refractivity contribution is 0.215. The highest BCUT2D eigenvalue weighted by Crippen LogP contribution is 2.12. The third-order valence-electron chi connectivity index (χ3n) is 2.55. The first-order valence-corrected chi connectivity index (χ1v) is 5.79. The number of hydrogen-bond acceptors (Lipinski definition) is 3. The van der Waals surface area contributed by atoms with Gasteiger partial charge in [0.15, 0.2) is 5.82 Å². The molecule has 5 heteroatoms. The van der Waals surface area contributed by atoms with Crippen molar-refractivity contribution in [2.75, 3.05) is 5.32 Å². The second kappa shape index (κ2) is 4.81. The molecule has 0 radical (unpaired) electrons. The van der Waals surface area contributed by atoms with E-state index in [1.54, 1.807) is 30.5 Å². The number of carbonyl (C=O) groups excluding carboxylic acids is 1. The van der Waals surface area contributed by atoms with E-state index in [0.29, 0.717) is 11.6 Å². The minimum Gasteiger partial charge on any atom is -0.410 e. The number of rotatable bonds is 2. The Kier molecular flexibility index (Phi) is 2.86. The van der Waals surface area contributed by atoms with Crippen molar-refractivity contribution in [1.29, 1.82) is 0 Å². The summed E-state index contributed by atoms with van der Waals surface area (Å²) in [4.78, 5) is 15.9. The van der Waals surface area contributed by atoms with E-state index in [4.69, 9.17) is 4.74 Å². The largest absolute Gasteiger partial charge is 0.418 e. The molecule has 0 atom stereocenters. The van der Waals surface area contributed by atoms with Crippen LogP contribution >= 0.6 is 0 Å². The summed E-state index contributed by atoms with van der Waals surface area (Å²) >= 11 is 0. The molecular formula is C14H11N3O2. The Morgan fingerprint density at radius 2 is 1.89 bits per heavy atom. The van der Waals surface area contributed by atoms with Crippen molar-refractivity contribution >= 4 is 17.6 Å². The molecule has 0 fully saturated rings. The third-order valence-corrected chi connectivity index (χ3v) is 2.55. The number of hydrogen-bond donors (Lipinski definition) is 1. The Morgan fingerprint density at radius 1 is 1.11 bits per heavy atom. The molecule has 0 aliphatic carbocycles. The van der Waals surface area contributed by atoms with Crippen molar-refractivity contribution in [2.24, 2.45) is 0 Å². The first-order chi connectivity index (χ1) is 9.31. The fourth-order valence-electron chi connectivity index (χ4n) is 1.72. The van der Waals surface area contributed by atoms with Gasteiger partial charge in [0.1, 0.15) is 11.4 Å². The zero-order valence-corrected chi connectivity index (χ0v) is 9.98. The van der Waals surface area contributed by atoms with Crippen LogP contribution in [-0.4, -0.2) is 15.5 Å². The van der Waals surface area contributed by atoms with Crippen LogP contribution in [0.1, 0.15) is 0 Å². The van der Waals surface area contributed by atoms with Gasteiger partial charge in [-0.3, -0.25) is 5.32 Å². The summed E-state index contributed by atoms with van der Waals surface area (Å²) in [5, 5.41) is 2.59. The molecule has 2 aromatic heterocycles. The highest BCUT2D eigenvalue weighted by Gasteiger charge is 2.07. The standard InChI is InChI=1S/C14H11N3O2/c18-14(19-11-6-2-1-3-7-11)16-12-10-17-9-5-4-8-13(17)15-12/h1-10H,(H,16,18). The number of pyridine rings is 1. The summed E-state index contributed by atoms with van der Waals surface area (Å²) in [6, 6.07) is 14.5. The molecular weight excluding hydrogens is 242 g/mol. The fourth-order valence-corrected chi connectivity index (χ4v) is 1.72. The first-order valence-electron chi connectivity index (χ1n) is 5.79. The zero-order valence-electron chi connectivity index (χ0n) is 9.98. The molecule has 3 aromatic rings. The quantitative estimate of drug-likeness (QED) is 0.764. The van der Waals surface area contributed by atoms with Gasteiger partial charge in [-0.2, -0.15) is 0 Å². The molecule has 0 aliphatic heterocycles. The van der Waals surface area contributed by atoms with E-state index in [1.165, 1.54) is 0 Å². The smallest absolute Gasteiger partial charge is 0.410 e. The van der Waals surface area contributed by atoms with E-state index < -0.39 is 6.09 Å². The van der Waals surface area contributed by atoms with Crippen LogP contribution in [0.4, 0.5) is 10.6 Å². The predicted octanol–water partition coefficient (Wildman–Crippen LogP) is 2.95. The maximum absolute atomic E-state index is 11.7. The summed E-state index contributed by atoms with van der Waals surface area (Å²) < 4.78 is 6.93. The third kappa shape index (κ3) is 2.55. The maximum Gasteiger partial charge on any atom is 0.418 e. The van der Waals surface area contributed by atoms with Gasteiger partial charge in [0.25, 0.3) is 0 Å². The molecule has 5 nitrogen and oxygen atoms in total. The number of carbonyl (C=O) groups is 1. The summed E-state index contributed by atoms with van der Waals surface area (Å²) in [5.41, 5.74) is 0.762. The van der Waals surface area contributed by atoms with Crippen LogP contribution in [0.25, 0.3) is 5.65 Å². The molecule has 0 spiro atoms. The van der Waals surface area contributed by atoms with Crippen LogP contribution in [0.2, 0.25) is 0 Å². The van der Waals surface area contributed by atoms with Gasteiger partial charge in [0.2, 0.25) is 0 Å². The van der Waals surface area contributed by atoms with E-state index in [9.17, 15) is 4.79 Å². The molecule has 2 heterocycles. The number of aromatic nitrogens is 2. The predicted molar refractivity (Wildman–Crippen MR) is 71.3 cm³/mol. The molecule has 19 heavy (non-hydrogen) atoms. The highest BCUT2D eigenvalue weighted by molar-refractivity contribution is 5.85. The van der Waals surface area contributed by atoms with Gasteiger partial charge in [-0.25, -0.2) is 9.78 Å². The van der Waals surface area contributed by atoms with Crippen molar-refractivity contribution in [3.8, 4) is 5.75 Å². The second-order valence-corrected chi connectivity index (χ2v) is 3.92. The van der Waals surface area contributed by atoms with Gasteiger partial charge in [0.05, 0.1) is 6.20 Å². The average Bonchev–Trinajstić information content (AvgIpc) is 2.81. The molecule has 94 valence electrons. The van der Waals surface area contributed by atoms with Gasteiger partial charge in [0, 0.05) is 6.20 Å². The Labute approximate surface area is 109 Å². The molecule has 0 saturated heterocycles. The molecule has 1 N–H and O–H groups in total. The summed E-state index contributed by atoms with van der Waals surface area (Å²) in [5.74, 6) is 0.941. The van der Waals surface area contributed by atoms with E-state index in [0.717, 1.165) is 5.65 Å². The lowest BCUT2D eigenvalue weighted by Gasteiger charge is -2.03. The average molecular weight is 253 g/mol. The van der Waals surface area contributed by atoms with E-state index >= 15 is 0 Å². The molecule has 0 unspecified atom stereocenters. The number of fused-ring (bicyclic) bond motifs is 1. The normalized spacial score (nSPS) is 10.3. The van der Waals surface area contributed by atoms with Crippen molar-refractivity contribution < 1.29 is 9.53 Å². The topological polar surface area (TPSA) is 55.6 Å². The SMILES string of the molecule is O=C(Nc1cn2ccccc2n1)Oc1ccccc1. The number of nitrogens with zero attached hydrogens (tertiary/aromatic N) is 2. The van der Waals surface area contributed by atoms with Crippen LogP contribution in [0.15, 0.2) is 60.9 Å². The van der Waals surface area contributed by atoms with Crippen molar-refractivity contribution in [3.63, 3.8) is 0 Å². The molecule has 1 amide bonds. The number of anilines is 1. The maximum atomic E-state index is 11.7. The van der Waals surface area contributed by atoms with Gasteiger partial charge >= 0.3 is 6.09 Å². The molecule has 0 bridgehead atoms. The summed E-state index contributed by atoms with van der Waals surface area (Å²) in [6.07, 6.45) is 3.02. The van der Waals surface area contributed by atoms with E-state index in [2.05, 4.69) is 10.3 Å².